The molecule has 0 aliphatic carbocycles. The fraction of sp³-hybridized carbons (Fsp3) is 0.133. The van der Waals surface area contributed by atoms with Crippen LogP contribution in [0.1, 0.15) is 47.9 Å². The van der Waals surface area contributed by atoms with Crippen molar-refractivity contribution in [2.75, 3.05) is 0 Å². The van der Waals surface area contributed by atoms with Crippen molar-refractivity contribution in [3.63, 3.8) is 0 Å². The van der Waals surface area contributed by atoms with Gasteiger partial charge in [0.25, 0.3) is 0 Å². The van der Waals surface area contributed by atoms with E-state index in [4.69, 9.17) is 14.1 Å². The molecule has 38 heavy (non-hydrogen) atoms. The molecule has 6 aromatic rings. The molecule has 0 saturated heterocycles. The SMILES string of the molecule is CC(C)c1ccc(C2c3c(c4ccccc4oc3=O)Oc3ncn4nc(-c5ccc(Br)cc5)nc4c32)cc1. The van der Waals surface area contributed by atoms with Crippen molar-refractivity contribution in [3.8, 4) is 23.0 Å². The van der Waals surface area contributed by atoms with E-state index in [1.165, 1.54) is 5.56 Å². The van der Waals surface area contributed by atoms with Gasteiger partial charge in [-0.3, -0.25) is 0 Å². The molecule has 3 aromatic carbocycles. The molecule has 0 amide bonds. The highest BCUT2D eigenvalue weighted by molar-refractivity contribution is 9.10. The monoisotopic (exact) mass is 564 g/mol. The summed E-state index contributed by atoms with van der Waals surface area (Å²) in [5, 5.41) is 5.40. The second-order valence-electron chi connectivity index (χ2n) is 9.66. The number of rotatable bonds is 3. The van der Waals surface area contributed by atoms with Crippen LogP contribution >= 0.6 is 15.9 Å². The Kier molecular flexibility index (Phi) is 5.19. The van der Waals surface area contributed by atoms with Crippen LogP contribution in [0.5, 0.6) is 11.6 Å². The third kappa shape index (κ3) is 3.55. The average Bonchev–Trinajstić information content (AvgIpc) is 3.37. The standard InChI is InChI=1S/C30H21BrN4O3/c1-16(2)17-7-9-18(10-8-17)23-24-26(21-5-3-4-6-22(21)37-30(24)36)38-29-25(23)28-33-27(34-35(28)15-32-29)19-11-13-20(31)14-12-19/h3-16,23H,1-2H3. The largest absolute Gasteiger partial charge is 0.437 e. The van der Waals surface area contributed by atoms with Gasteiger partial charge in [0.1, 0.15) is 11.9 Å². The van der Waals surface area contributed by atoms with E-state index in [9.17, 15) is 4.79 Å². The van der Waals surface area contributed by atoms with E-state index in [1.807, 2.05) is 42.5 Å². The number of hydrogen-bond donors (Lipinski definition) is 0. The van der Waals surface area contributed by atoms with E-state index in [2.05, 4.69) is 64.1 Å². The van der Waals surface area contributed by atoms with Gasteiger partial charge in [0.2, 0.25) is 5.88 Å². The summed E-state index contributed by atoms with van der Waals surface area (Å²) in [4.78, 5) is 23.0. The number of aromatic nitrogens is 4. The van der Waals surface area contributed by atoms with Crippen LogP contribution < -0.4 is 10.4 Å². The number of halogens is 1. The Balaban J connectivity index is 1.51. The average molecular weight is 565 g/mol. The molecule has 8 heteroatoms. The molecular weight excluding hydrogens is 544 g/mol. The van der Waals surface area contributed by atoms with Crippen molar-refractivity contribution in [1.29, 1.82) is 0 Å². The lowest BCUT2D eigenvalue weighted by Gasteiger charge is -2.27. The van der Waals surface area contributed by atoms with E-state index in [0.717, 1.165) is 21.0 Å². The van der Waals surface area contributed by atoms with Crippen LogP contribution in [-0.4, -0.2) is 19.6 Å². The van der Waals surface area contributed by atoms with Crippen LogP contribution in [0.25, 0.3) is 28.0 Å². The smallest absolute Gasteiger partial charge is 0.344 e. The Hall–Kier alpha value is -4.30. The van der Waals surface area contributed by atoms with Gasteiger partial charge in [-0.05, 0) is 41.3 Å². The first kappa shape index (κ1) is 22.9. The molecule has 0 N–H and O–H groups in total. The zero-order valence-electron chi connectivity index (χ0n) is 20.6. The van der Waals surface area contributed by atoms with Crippen LogP contribution in [0.3, 0.4) is 0 Å². The fourth-order valence-electron chi connectivity index (χ4n) is 5.06. The van der Waals surface area contributed by atoms with Crippen molar-refractivity contribution in [3.05, 3.63) is 116 Å². The predicted octanol–water partition coefficient (Wildman–Crippen LogP) is 7.07. The van der Waals surface area contributed by atoms with Crippen molar-refractivity contribution >= 4 is 32.5 Å². The van der Waals surface area contributed by atoms with Gasteiger partial charge in [-0.15, -0.1) is 5.10 Å². The van der Waals surface area contributed by atoms with E-state index in [-0.39, 0.29) is 0 Å². The van der Waals surface area contributed by atoms with Gasteiger partial charge in [-0.1, -0.05) is 78.3 Å². The van der Waals surface area contributed by atoms with E-state index < -0.39 is 11.5 Å². The maximum absolute atomic E-state index is 13.5. The maximum atomic E-state index is 13.5. The van der Waals surface area contributed by atoms with Crippen LogP contribution in [-0.2, 0) is 0 Å². The highest BCUT2D eigenvalue weighted by Crippen LogP contribution is 2.48. The predicted molar refractivity (Wildman–Crippen MR) is 148 cm³/mol. The molecule has 4 heterocycles. The Labute approximate surface area is 225 Å². The Morgan fingerprint density at radius 3 is 2.47 bits per heavy atom. The highest BCUT2D eigenvalue weighted by Gasteiger charge is 2.37. The summed E-state index contributed by atoms with van der Waals surface area (Å²) in [6.45, 7) is 4.31. The Morgan fingerprint density at radius 2 is 1.71 bits per heavy atom. The lowest BCUT2D eigenvalue weighted by Crippen LogP contribution is -2.22. The highest BCUT2D eigenvalue weighted by atomic mass is 79.9. The van der Waals surface area contributed by atoms with Crippen LogP contribution in [0.4, 0.5) is 0 Å². The summed E-state index contributed by atoms with van der Waals surface area (Å²) in [6, 6.07) is 23.5. The van der Waals surface area contributed by atoms with Gasteiger partial charge in [-0.2, -0.15) is 0 Å². The summed E-state index contributed by atoms with van der Waals surface area (Å²) in [5.74, 6) is 1.29. The summed E-state index contributed by atoms with van der Waals surface area (Å²) in [5.41, 5.74) is 4.70. The molecule has 0 spiro atoms. The third-order valence-electron chi connectivity index (χ3n) is 7.00. The van der Waals surface area contributed by atoms with Crippen molar-refractivity contribution < 1.29 is 9.15 Å². The molecule has 1 aliphatic heterocycles. The molecule has 0 radical (unpaired) electrons. The first-order valence-electron chi connectivity index (χ1n) is 12.3. The fourth-order valence-corrected chi connectivity index (χ4v) is 5.32. The minimum absolute atomic E-state index is 0.380. The quantitative estimate of drug-likeness (QED) is 0.213. The minimum atomic E-state index is -0.506. The number of hydrogen-bond acceptors (Lipinski definition) is 6. The van der Waals surface area contributed by atoms with Crippen molar-refractivity contribution in [2.24, 2.45) is 0 Å². The van der Waals surface area contributed by atoms with Gasteiger partial charge in [-0.25, -0.2) is 19.3 Å². The van der Waals surface area contributed by atoms with Crippen molar-refractivity contribution in [1.82, 2.24) is 19.6 Å². The van der Waals surface area contributed by atoms with E-state index in [0.29, 0.717) is 45.7 Å². The molecule has 0 fully saturated rings. The molecular formula is C30H21BrN4O3. The molecule has 0 saturated carbocycles. The summed E-state index contributed by atoms with van der Waals surface area (Å²) in [6.07, 6.45) is 1.60. The summed E-state index contributed by atoms with van der Waals surface area (Å²) in [7, 11) is 0. The first-order chi connectivity index (χ1) is 18.5. The first-order valence-corrected chi connectivity index (χ1v) is 13.1. The van der Waals surface area contributed by atoms with Gasteiger partial charge in [0, 0.05) is 10.0 Å². The number of para-hydroxylation sites is 1. The van der Waals surface area contributed by atoms with Crippen LogP contribution in [0.15, 0.2) is 92.8 Å². The van der Waals surface area contributed by atoms with Crippen LogP contribution in [0, 0.1) is 0 Å². The molecule has 7 nitrogen and oxygen atoms in total. The Morgan fingerprint density at radius 1 is 0.947 bits per heavy atom. The molecule has 7 rings (SSSR count). The molecule has 186 valence electrons. The zero-order valence-corrected chi connectivity index (χ0v) is 22.1. The lowest BCUT2D eigenvalue weighted by atomic mass is 9.83. The maximum Gasteiger partial charge on any atom is 0.344 e. The summed E-state index contributed by atoms with van der Waals surface area (Å²) < 4.78 is 14.8. The van der Waals surface area contributed by atoms with Gasteiger partial charge < -0.3 is 9.15 Å². The van der Waals surface area contributed by atoms with E-state index in [1.54, 1.807) is 16.9 Å². The number of ether oxygens (including phenoxy) is 1. The molecule has 1 atom stereocenters. The normalized spacial score (nSPS) is 14.5. The number of nitrogens with zero attached hydrogens (tertiary/aromatic N) is 4. The van der Waals surface area contributed by atoms with Crippen LogP contribution in [0.2, 0.25) is 0 Å². The summed E-state index contributed by atoms with van der Waals surface area (Å²) >= 11 is 3.48. The van der Waals surface area contributed by atoms with Gasteiger partial charge in [0.05, 0.1) is 22.4 Å². The van der Waals surface area contributed by atoms with E-state index >= 15 is 0 Å². The lowest BCUT2D eigenvalue weighted by molar-refractivity contribution is 0.422. The molecule has 1 unspecified atom stereocenters. The molecule has 1 aliphatic rings. The van der Waals surface area contributed by atoms with Crippen molar-refractivity contribution in [2.45, 2.75) is 25.7 Å². The number of fused-ring (bicyclic) bond motifs is 6. The van der Waals surface area contributed by atoms with Gasteiger partial charge in [0.15, 0.2) is 17.2 Å². The minimum Gasteiger partial charge on any atom is -0.437 e. The number of benzene rings is 3. The zero-order chi connectivity index (χ0) is 26.0. The third-order valence-corrected chi connectivity index (χ3v) is 7.53. The molecule has 0 bridgehead atoms. The van der Waals surface area contributed by atoms with Gasteiger partial charge >= 0.3 is 5.63 Å². The topological polar surface area (TPSA) is 82.5 Å². The molecule has 3 aromatic heterocycles. The Bertz CT molecular complexity index is 1910. The second-order valence-corrected chi connectivity index (χ2v) is 10.6. The second kappa shape index (κ2) is 8.63.